The summed E-state index contributed by atoms with van der Waals surface area (Å²) < 4.78 is 5.35. The second-order valence-electron chi connectivity index (χ2n) is 5.51. The highest BCUT2D eigenvalue weighted by Gasteiger charge is 2.46. The van der Waals surface area contributed by atoms with Gasteiger partial charge >= 0.3 is 11.9 Å². The molecule has 0 aromatic rings. The molecular weight excluding hydrogens is 306 g/mol. The molecular formula is C15H21NO5S. The molecule has 2 heterocycles. The van der Waals surface area contributed by atoms with Gasteiger partial charge in [-0.1, -0.05) is 19.8 Å². The standard InChI is InChI=1S/C15H21NO5S/c1-3-4-5-6-11(21-9(2)17)10-8-22-13-7-12(18)16(13)14(10)15(19)20/h11,13H,3-8H2,1-2H3,(H,19,20)/t11?,13-/m1/s1. The van der Waals surface area contributed by atoms with Gasteiger partial charge in [0.2, 0.25) is 5.91 Å². The zero-order valence-electron chi connectivity index (χ0n) is 12.8. The molecule has 1 amide bonds. The molecule has 2 aliphatic heterocycles. The summed E-state index contributed by atoms with van der Waals surface area (Å²) in [6.45, 7) is 3.39. The molecule has 1 fully saturated rings. The van der Waals surface area contributed by atoms with Crippen LogP contribution in [-0.4, -0.2) is 45.1 Å². The van der Waals surface area contributed by atoms with Crippen LogP contribution in [0.15, 0.2) is 11.3 Å². The maximum atomic E-state index is 11.7. The number of unbranched alkanes of at least 4 members (excludes halogenated alkanes) is 2. The normalized spacial score (nSPS) is 22.0. The summed E-state index contributed by atoms with van der Waals surface area (Å²) in [6, 6.07) is 0. The van der Waals surface area contributed by atoms with Crippen LogP contribution in [0, 0.1) is 0 Å². The molecule has 0 saturated carbocycles. The molecule has 0 radical (unpaired) electrons. The van der Waals surface area contributed by atoms with E-state index in [9.17, 15) is 19.5 Å². The third-order valence-corrected chi connectivity index (χ3v) is 5.09. The number of carboxylic acid groups (broad SMARTS) is 1. The van der Waals surface area contributed by atoms with Crippen molar-refractivity contribution < 1.29 is 24.2 Å². The molecule has 0 aliphatic carbocycles. The second kappa shape index (κ2) is 7.17. The summed E-state index contributed by atoms with van der Waals surface area (Å²) in [4.78, 5) is 36.0. The molecule has 1 N–H and O–H groups in total. The van der Waals surface area contributed by atoms with E-state index < -0.39 is 18.0 Å². The Hall–Kier alpha value is -1.50. The first-order chi connectivity index (χ1) is 10.5. The molecule has 2 aliphatic rings. The molecule has 122 valence electrons. The zero-order valence-corrected chi connectivity index (χ0v) is 13.6. The van der Waals surface area contributed by atoms with Gasteiger partial charge in [0.05, 0.1) is 11.8 Å². The molecule has 22 heavy (non-hydrogen) atoms. The maximum Gasteiger partial charge on any atom is 0.352 e. The van der Waals surface area contributed by atoms with Crippen molar-refractivity contribution in [3.8, 4) is 0 Å². The fourth-order valence-electron chi connectivity index (χ4n) is 2.77. The van der Waals surface area contributed by atoms with E-state index in [4.69, 9.17) is 4.74 Å². The number of rotatable bonds is 7. The number of carbonyl (C=O) groups is 3. The number of thioether (sulfide) groups is 1. The lowest BCUT2D eigenvalue weighted by Gasteiger charge is -2.44. The molecule has 0 aromatic heterocycles. The van der Waals surface area contributed by atoms with Gasteiger partial charge in [-0.05, 0) is 12.8 Å². The molecule has 7 heteroatoms. The number of hydrogen-bond donors (Lipinski definition) is 1. The number of amides is 1. The van der Waals surface area contributed by atoms with E-state index in [1.54, 1.807) is 0 Å². The van der Waals surface area contributed by atoms with Gasteiger partial charge in [0.1, 0.15) is 11.8 Å². The first-order valence-corrected chi connectivity index (χ1v) is 8.57. The maximum absolute atomic E-state index is 11.7. The van der Waals surface area contributed by atoms with E-state index in [1.807, 2.05) is 0 Å². The third kappa shape index (κ3) is 3.45. The molecule has 6 nitrogen and oxygen atoms in total. The summed E-state index contributed by atoms with van der Waals surface area (Å²) in [5, 5.41) is 9.41. The van der Waals surface area contributed by atoms with Gasteiger partial charge in [-0.2, -0.15) is 0 Å². The Balaban J connectivity index is 2.28. The van der Waals surface area contributed by atoms with Crippen molar-refractivity contribution >= 4 is 29.6 Å². The Kier molecular flexibility index (Phi) is 5.50. The first kappa shape index (κ1) is 16.9. The minimum Gasteiger partial charge on any atom is -0.477 e. The summed E-state index contributed by atoms with van der Waals surface area (Å²) in [5.74, 6) is -1.25. The van der Waals surface area contributed by atoms with E-state index in [2.05, 4.69) is 6.92 Å². The van der Waals surface area contributed by atoms with Crippen LogP contribution >= 0.6 is 11.8 Å². The van der Waals surface area contributed by atoms with Crippen molar-refractivity contribution in [2.45, 2.75) is 57.4 Å². The topological polar surface area (TPSA) is 83.9 Å². The van der Waals surface area contributed by atoms with Gasteiger partial charge < -0.3 is 9.84 Å². The minimum atomic E-state index is -1.12. The Bertz CT molecular complexity index is 516. The number of ether oxygens (including phenoxy) is 1. The number of β-lactam (4-membered cyclic amide) rings is 1. The van der Waals surface area contributed by atoms with Crippen molar-refractivity contribution in [2.24, 2.45) is 0 Å². The number of carboxylic acids is 1. The fourth-order valence-corrected chi connectivity index (χ4v) is 4.10. The molecule has 0 aromatic carbocycles. The van der Waals surface area contributed by atoms with E-state index in [-0.39, 0.29) is 17.0 Å². The molecule has 1 saturated heterocycles. The summed E-state index contributed by atoms with van der Waals surface area (Å²) in [5.41, 5.74) is 0.566. The largest absolute Gasteiger partial charge is 0.477 e. The van der Waals surface area contributed by atoms with Crippen LogP contribution in [0.4, 0.5) is 0 Å². The first-order valence-electron chi connectivity index (χ1n) is 7.52. The molecule has 1 unspecified atom stereocenters. The van der Waals surface area contributed by atoms with Gasteiger partial charge in [0.25, 0.3) is 0 Å². The monoisotopic (exact) mass is 327 g/mol. The minimum absolute atomic E-state index is 0.0164. The van der Waals surface area contributed by atoms with Gasteiger partial charge in [-0.25, -0.2) is 4.79 Å². The Morgan fingerprint density at radius 3 is 2.73 bits per heavy atom. The average molecular weight is 327 g/mol. The lowest BCUT2D eigenvalue weighted by molar-refractivity contribution is -0.147. The van der Waals surface area contributed by atoms with E-state index in [0.29, 0.717) is 24.2 Å². The Labute approximate surface area is 133 Å². The van der Waals surface area contributed by atoms with Crippen molar-refractivity contribution in [1.29, 1.82) is 0 Å². The van der Waals surface area contributed by atoms with E-state index in [0.717, 1.165) is 19.3 Å². The number of carbonyl (C=O) groups excluding carboxylic acids is 2. The highest BCUT2D eigenvalue weighted by molar-refractivity contribution is 8.00. The quantitative estimate of drug-likeness (QED) is 0.438. The zero-order chi connectivity index (χ0) is 16.3. The fraction of sp³-hybridized carbons (Fsp3) is 0.667. The molecule has 0 spiro atoms. The molecule has 0 bridgehead atoms. The number of nitrogens with zero attached hydrogens (tertiary/aromatic N) is 1. The number of fused-ring (bicyclic) bond motifs is 1. The van der Waals surface area contributed by atoms with Crippen molar-refractivity contribution in [3.05, 3.63) is 11.3 Å². The number of hydrogen-bond acceptors (Lipinski definition) is 5. The van der Waals surface area contributed by atoms with E-state index >= 15 is 0 Å². The third-order valence-electron chi connectivity index (χ3n) is 3.85. The van der Waals surface area contributed by atoms with Gasteiger partial charge in [0, 0.05) is 18.2 Å². The van der Waals surface area contributed by atoms with Crippen molar-refractivity contribution in [1.82, 2.24) is 4.90 Å². The van der Waals surface area contributed by atoms with Crippen molar-refractivity contribution in [3.63, 3.8) is 0 Å². The molecule has 2 rings (SSSR count). The van der Waals surface area contributed by atoms with Crippen LogP contribution in [-0.2, 0) is 19.1 Å². The predicted molar refractivity (Wildman–Crippen MR) is 82.1 cm³/mol. The van der Waals surface area contributed by atoms with Crippen LogP contribution in [0.3, 0.4) is 0 Å². The Morgan fingerprint density at radius 1 is 1.45 bits per heavy atom. The lowest BCUT2D eigenvalue weighted by atomic mass is 9.99. The van der Waals surface area contributed by atoms with Gasteiger partial charge in [-0.3, -0.25) is 14.5 Å². The number of aliphatic carboxylic acids is 1. The number of esters is 1. The molecule has 2 atom stereocenters. The van der Waals surface area contributed by atoms with Crippen LogP contribution < -0.4 is 0 Å². The summed E-state index contributed by atoms with van der Waals surface area (Å²) in [6.07, 6.45) is 3.28. The van der Waals surface area contributed by atoms with Crippen LogP contribution in [0.5, 0.6) is 0 Å². The summed E-state index contributed by atoms with van der Waals surface area (Å²) in [7, 11) is 0. The lowest BCUT2D eigenvalue weighted by Crippen LogP contribution is -2.54. The predicted octanol–water partition coefficient (Wildman–Crippen LogP) is 2.14. The van der Waals surface area contributed by atoms with E-state index in [1.165, 1.54) is 23.6 Å². The second-order valence-corrected chi connectivity index (χ2v) is 6.67. The SMILES string of the molecule is CCCCCC(OC(C)=O)C1=C(C(=O)O)N2C(=O)C[C@H]2SC1. The van der Waals surface area contributed by atoms with Gasteiger partial charge in [-0.15, -0.1) is 11.8 Å². The van der Waals surface area contributed by atoms with Crippen LogP contribution in [0.2, 0.25) is 0 Å². The van der Waals surface area contributed by atoms with Crippen LogP contribution in [0.1, 0.15) is 46.0 Å². The van der Waals surface area contributed by atoms with Gasteiger partial charge in [0.15, 0.2) is 0 Å². The highest BCUT2D eigenvalue weighted by Crippen LogP contribution is 2.41. The average Bonchev–Trinajstić information content (AvgIpc) is 2.44. The summed E-state index contributed by atoms with van der Waals surface area (Å²) >= 11 is 1.53. The van der Waals surface area contributed by atoms with Crippen molar-refractivity contribution in [2.75, 3.05) is 5.75 Å². The Morgan fingerprint density at radius 2 is 2.18 bits per heavy atom. The highest BCUT2D eigenvalue weighted by atomic mass is 32.2. The smallest absolute Gasteiger partial charge is 0.352 e. The van der Waals surface area contributed by atoms with Crippen LogP contribution in [0.25, 0.3) is 0 Å².